The maximum Gasteiger partial charge on any atom is 0.390 e. The number of amides is 1. The van der Waals surface area contributed by atoms with Gasteiger partial charge < -0.3 is 11.1 Å². The van der Waals surface area contributed by atoms with Gasteiger partial charge >= 0.3 is 6.18 Å². The lowest BCUT2D eigenvalue weighted by Gasteiger charge is -2.26. The molecule has 1 rings (SSSR count). The molecule has 0 atom stereocenters. The lowest BCUT2D eigenvalue weighted by atomic mass is 9.81. The quantitative estimate of drug-likeness (QED) is 0.802. The third-order valence-electron chi connectivity index (χ3n) is 3.26. The largest absolute Gasteiger partial charge is 0.390 e. The van der Waals surface area contributed by atoms with Crippen molar-refractivity contribution < 1.29 is 18.0 Å². The second-order valence-electron chi connectivity index (χ2n) is 4.61. The molecule has 1 saturated carbocycles. The van der Waals surface area contributed by atoms with Crippen LogP contribution < -0.4 is 11.1 Å². The second-order valence-corrected chi connectivity index (χ2v) is 4.61. The van der Waals surface area contributed by atoms with Gasteiger partial charge in [0, 0.05) is 12.5 Å². The summed E-state index contributed by atoms with van der Waals surface area (Å²) in [7, 11) is 0. The standard InChI is InChI=1S/C11H19F3N2O/c12-11(13,14)5-6-16-10(17)9-3-1-8(7-15)2-4-9/h8-9H,1-7,15H2,(H,16,17). The summed E-state index contributed by atoms with van der Waals surface area (Å²) in [6, 6.07) is 0. The van der Waals surface area contributed by atoms with Crippen LogP contribution in [0.4, 0.5) is 13.2 Å². The van der Waals surface area contributed by atoms with E-state index in [1.807, 2.05) is 0 Å². The van der Waals surface area contributed by atoms with Crippen molar-refractivity contribution in [1.29, 1.82) is 0 Å². The molecule has 17 heavy (non-hydrogen) atoms. The van der Waals surface area contributed by atoms with E-state index < -0.39 is 12.6 Å². The van der Waals surface area contributed by atoms with Crippen LogP contribution in [0.15, 0.2) is 0 Å². The first-order valence-electron chi connectivity index (χ1n) is 5.97. The first kappa shape index (κ1) is 14.3. The Morgan fingerprint density at radius 2 is 1.82 bits per heavy atom. The van der Waals surface area contributed by atoms with E-state index in [2.05, 4.69) is 5.32 Å². The lowest BCUT2D eigenvalue weighted by Crippen LogP contribution is -2.36. The molecule has 0 radical (unpaired) electrons. The molecule has 0 spiro atoms. The molecule has 3 nitrogen and oxygen atoms in total. The number of rotatable bonds is 4. The van der Waals surface area contributed by atoms with E-state index in [-0.39, 0.29) is 18.4 Å². The van der Waals surface area contributed by atoms with Gasteiger partial charge in [0.1, 0.15) is 0 Å². The summed E-state index contributed by atoms with van der Waals surface area (Å²) in [6.07, 6.45) is -1.90. The smallest absolute Gasteiger partial charge is 0.356 e. The van der Waals surface area contributed by atoms with Crippen LogP contribution in [0.5, 0.6) is 0 Å². The van der Waals surface area contributed by atoms with Crippen LogP contribution in [0.25, 0.3) is 0 Å². The van der Waals surface area contributed by atoms with Crippen molar-refractivity contribution >= 4 is 5.91 Å². The minimum Gasteiger partial charge on any atom is -0.356 e. The molecule has 0 aromatic rings. The minimum absolute atomic E-state index is 0.133. The molecule has 1 amide bonds. The molecule has 6 heteroatoms. The van der Waals surface area contributed by atoms with Gasteiger partial charge in [0.2, 0.25) is 5.91 Å². The Balaban J connectivity index is 2.21. The highest BCUT2D eigenvalue weighted by molar-refractivity contribution is 5.78. The third kappa shape index (κ3) is 5.39. The predicted octanol–water partition coefficient (Wildman–Crippen LogP) is 1.82. The van der Waals surface area contributed by atoms with E-state index >= 15 is 0 Å². The Morgan fingerprint density at radius 3 is 2.29 bits per heavy atom. The van der Waals surface area contributed by atoms with E-state index in [0.717, 1.165) is 25.7 Å². The van der Waals surface area contributed by atoms with Crippen LogP contribution in [0, 0.1) is 11.8 Å². The van der Waals surface area contributed by atoms with Gasteiger partial charge in [-0.15, -0.1) is 0 Å². The Kier molecular flexibility index (Phi) is 5.24. The maximum atomic E-state index is 11.9. The van der Waals surface area contributed by atoms with Crippen LogP contribution in [0.1, 0.15) is 32.1 Å². The molecule has 1 fully saturated rings. The van der Waals surface area contributed by atoms with Gasteiger partial charge in [-0.1, -0.05) is 0 Å². The average molecular weight is 252 g/mol. The third-order valence-corrected chi connectivity index (χ3v) is 3.26. The average Bonchev–Trinajstić information content (AvgIpc) is 2.27. The van der Waals surface area contributed by atoms with Crippen LogP contribution in [0.2, 0.25) is 0 Å². The Hall–Kier alpha value is -0.780. The summed E-state index contributed by atoms with van der Waals surface area (Å²) in [4.78, 5) is 11.6. The Morgan fingerprint density at radius 1 is 1.24 bits per heavy atom. The van der Waals surface area contributed by atoms with Gasteiger partial charge in [0.05, 0.1) is 6.42 Å². The molecule has 1 aliphatic carbocycles. The van der Waals surface area contributed by atoms with E-state index in [1.54, 1.807) is 0 Å². The second kappa shape index (κ2) is 6.23. The monoisotopic (exact) mass is 252 g/mol. The number of hydrogen-bond donors (Lipinski definition) is 2. The van der Waals surface area contributed by atoms with E-state index in [9.17, 15) is 18.0 Å². The number of alkyl halides is 3. The highest BCUT2D eigenvalue weighted by Crippen LogP contribution is 2.28. The van der Waals surface area contributed by atoms with Gasteiger partial charge in [-0.2, -0.15) is 13.2 Å². The molecule has 0 unspecified atom stereocenters. The molecular weight excluding hydrogens is 233 g/mol. The summed E-state index contributed by atoms with van der Waals surface area (Å²) in [5.41, 5.74) is 5.53. The number of nitrogens with one attached hydrogen (secondary N) is 1. The maximum absolute atomic E-state index is 11.9. The highest BCUT2D eigenvalue weighted by atomic mass is 19.4. The van der Waals surface area contributed by atoms with Gasteiger partial charge in [-0.25, -0.2) is 0 Å². The van der Waals surface area contributed by atoms with Crippen molar-refractivity contribution in [3.05, 3.63) is 0 Å². The van der Waals surface area contributed by atoms with Crippen LogP contribution in [-0.2, 0) is 4.79 Å². The van der Waals surface area contributed by atoms with Gasteiger partial charge in [-0.3, -0.25) is 4.79 Å². The van der Waals surface area contributed by atoms with E-state index in [0.29, 0.717) is 12.5 Å². The van der Waals surface area contributed by atoms with Crippen molar-refractivity contribution in [1.82, 2.24) is 5.32 Å². The number of hydrogen-bond acceptors (Lipinski definition) is 2. The number of nitrogens with two attached hydrogens (primary N) is 1. The number of carbonyl (C=O) groups excluding carboxylic acids is 1. The summed E-state index contributed by atoms with van der Waals surface area (Å²) < 4.78 is 35.6. The molecule has 0 aliphatic heterocycles. The summed E-state index contributed by atoms with van der Waals surface area (Å²) >= 11 is 0. The van der Waals surface area contributed by atoms with Crippen molar-refractivity contribution in [3.63, 3.8) is 0 Å². The molecule has 0 heterocycles. The number of carbonyl (C=O) groups is 1. The first-order chi connectivity index (χ1) is 7.92. The zero-order valence-corrected chi connectivity index (χ0v) is 9.72. The molecule has 0 aromatic heterocycles. The van der Waals surface area contributed by atoms with Crippen molar-refractivity contribution in [3.8, 4) is 0 Å². The van der Waals surface area contributed by atoms with Crippen molar-refractivity contribution in [2.75, 3.05) is 13.1 Å². The summed E-state index contributed by atoms with van der Waals surface area (Å²) in [5, 5.41) is 2.35. The fourth-order valence-corrected chi connectivity index (χ4v) is 2.13. The zero-order valence-electron chi connectivity index (χ0n) is 9.72. The van der Waals surface area contributed by atoms with E-state index in [1.165, 1.54) is 0 Å². The van der Waals surface area contributed by atoms with Crippen molar-refractivity contribution in [2.45, 2.75) is 38.3 Å². The first-order valence-corrected chi connectivity index (χ1v) is 5.97. The van der Waals surface area contributed by atoms with Crippen molar-refractivity contribution in [2.24, 2.45) is 17.6 Å². The molecule has 0 aromatic carbocycles. The zero-order chi connectivity index (χ0) is 12.9. The van der Waals surface area contributed by atoms with Gasteiger partial charge in [-0.05, 0) is 38.1 Å². The highest BCUT2D eigenvalue weighted by Gasteiger charge is 2.28. The fourth-order valence-electron chi connectivity index (χ4n) is 2.13. The fraction of sp³-hybridized carbons (Fsp3) is 0.909. The Labute approximate surface area is 98.9 Å². The number of halogens is 3. The van der Waals surface area contributed by atoms with Crippen LogP contribution in [0.3, 0.4) is 0 Å². The lowest BCUT2D eigenvalue weighted by molar-refractivity contribution is -0.136. The van der Waals surface area contributed by atoms with Crippen LogP contribution >= 0.6 is 0 Å². The molecule has 0 bridgehead atoms. The molecule has 3 N–H and O–H groups in total. The summed E-state index contributed by atoms with van der Waals surface area (Å²) in [5.74, 6) is 0.0879. The Bertz CT molecular complexity index is 248. The molecule has 100 valence electrons. The van der Waals surface area contributed by atoms with Gasteiger partial charge in [0.25, 0.3) is 0 Å². The van der Waals surface area contributed by atoms with E-state index in [4.69, 9.17) is 5.73 Å². The SMILES string of the molecule is NCC1CCC(C(=O)NCCC(F)(F)F)CC1. The molecule has 1 aliphatic rings. The summed E-state index contributed by atoms with van der Waals surface area (Å²) in [6.45, 7) is 0.307. The minimum atomic E-state index is -4.20. The van der Waals surface area contributed by atoms with Crippen LogP contribution in [-0.4, -0.2) is 25.2 Å². The topological polar surface area (TPSA) is 55.1 Å². The molecular formula is C11H19F3N2O. The molecule has 0 saturated heterocycles. The van der Waals surface area contributed by atoms with Gasteiger partial charge in [0.15, 0.2) is 0 Å². The predicted molar refractivity (Wildman–Crippen MR) is 58.2 cm³/mol. The normalized spacial score (nSPS) is 25.6.